The number of carboxylic acids is 1. The number of halogens is 1. The van der Waals surface area contributed by atoms with E-state index in [2.05, 4.69) is 10.1 Å². The third-order valence-electron chi connectivity index (χ3n) is 4.00. The molecule has 26 heavy (non-hydrogen) atoms. The highest BCUT2D eigenvalue weighted by molar-refractivity contribution is 6.33. The smallest absolute Gasteiger partial charge is 0.337 e. The number of carboxylic acid groups (broad SMARTS) is 1. The molecule has 2 aromatic carbocycles. The van der Waals surface area contributed by atoms with Gasteiger partial charge in [-0.3, -0.25) is 14.9 Å². The van der Waals surface area contributed by atoms with Gasteiger partial charge in [0.25, 0.3) is 5.56 Å². The van der Waals surface area contributed by atoms with E-state index in [1.54, 1.807) is 13.0 Å². The molecule has 6 nitrogen and oxygen atoms in total. The van der Waals surface area contributed by atoms with Gasteiger partial charge in [-0.15, -0.1) is 0 Å². The van der Waals surface area contributed by atoms with Gasteiger partial charge in [0.1, 0.15) is 0 Å². The van der Waals surface area contributed by atoms with Gasteiger partial charge in [-0.25, -0.2) is 9.48 Å². The van der Waals surface area contributed by atoms with E-state index in [-0.39, 0.29) is 16.1 Å². The maximum atomic E-state index is 12.7. The molecule has 132 valence electrons. The van der Waals surface area contributed by atoms with Gasteiger partial charge in [0.05, 0.1) is 27.5 Å². The van der Waals surface area contributed by atoms with Crippen molar-refractivity contribution in [2.45, 2.75) is 13.8 Å². The number of aryl methyl sites for hydroxylation is 2. The molecular weight excluding hydrogens is 354 g/mol. The second kappa shape index (κ2) is 7.01. The maximum Gasteiger partial charge on any atom is 0.337 e. The van der Waals surface area contributed by atoms with E-state index in [0.29, 0.717) is 16.9 Å². The number of carbonyl (C=O) groups is 1. The summed E-state index contributed by atoms with van der Waals surface area (Å²) in [4.78, 5) is 28.1. The summed E-state index contributed by atoms with van der Waals surface area (Å²) in [5.74, 6) is -1.13. The summed E-state index contributed by atoms with van der Waals surface area (Å²) in [6.45, 7) is 3.70. The molecule has 1 heterocycles. The first kappa shape index (κ1) is 17.7. The number of aromatic nitrogens is 2. The zero-order valence-corrected chi connectivity index (χ0v) is 14.9. The SMILES string of the molecule is Cc1ccccc1-n1[nH]c(C)c(C=Nc2ccc(Cl)c(C(=O)O)c2)c1=O. The molecule has 0 aliphatic rings. The summed E-state index contributed by atoms with van der Waals surface area (Å²) in [5, 5.41) is 12.3. The van der Waals surface area contributed by atoms with Crippen LogP contribution in [0.5, 0.6) is 0 Å². The number of aliphatic imine (C=N–C) groups is 1. The second-order valence-electron chi connectivity index (χ2n) is 5.81. The molecule has 1 aromatic heterocycles. The van der Waals surface area contributed by atoms with Crippen LogP contribution in [0.3, 0.4) is 0 Å². The molecule has 7 heteroatoms. The minimum absolute atomic E-state index is 0.0376. The minimum Gasteiger partial charge on any atom is -0.478 e. The normalized spacial score (nSPS) is 11.2. The Morgan fingerprint density at radius 1 is 1.23 bits per heavy atom. The third kappa shape index (κ3) is 3.32. The first-order valence-corrected chi connectivity index (χ1v) is 8.21. The Morgan fingerprint density at radius 2 is 1.96 bits per heavy atom. The molecule has 0 radical (unpaired) electrons. The molecule has 0 saturated heterocycles. The highest BCUT2D eigenvalue weighted by Crippen LogP contribution is 2.22. The van der Waals surface area contributed by atoms with Crippen molar-refractivity contribution in [2.75, 3.05) is 0 Å². The lowest BCUT2D eigenvalue weighted by molar-refractivity contribution is 0.0697. The van der Waals surface area contributed by atoms with Crippen LogP contribution in [0, 0.1) is 13.8 Å². The van der Waals surface area contributed by atoms with Gasteiger partial charge in [0.15, 0.2) is 0 Å². The van der Waals surface area contributed by atoms with Crippen molar-refractivity contribution in [3.8, 4) is 5.69 Å². The van der Waals surface area contributed by atoms with Crippen LogP contribution >= 0.6 is 11.6 Å². The largest absolute Gasteiger partial charge is 0.478 e. The Kier molecular flexibility index (Phi) is 4.77. The van der Waals surface area contributed by atoms with Gasteiger partial charge in [-0.05, 0) is 43.7 Å². The fraction of sp³-hybridized carbons (Fsp3) is 0.105. The van der Waals surface area contributed by atoms with Crippen molar-refractivity contribution in [3.63, 3.8) is 0 Å². The summed E-state index contributed by atoms with van der Waals surface area (Å²) < 4.78 is 1.47. The van der Waals surface area contributed by atoms with E-state index in [0.717, 1.165) is 11.3 Å². The van der Waals surface area contributed by atoms with Crippen molar-refractivity contribution in [3.05, 3.63) is 80.2 Å². The average molecular weight is 370 g/mol. The number of benzene rings is 2. The number of aromatic carboxylic acids is 1. The van der Waals surface area contributed by atoms with E-state index in [1.165, 1.54) is 23.0 Å². The fourth-order valence-electron chi connectivity index (χ4n) is 2.59. The monoisotopic (exact) mass is 369 g/mol. The summed E-state index contributed by atoms with van der Waals surface area (Å²) in [7, 11) is 0. The summed E-state index contributed by atoms with van der Waals surface area (Å²) in [5.41, 5.74) is 2.92. The lowest BCUT2D eigenvalue weighted by atomic mass is 10.2. The van der Waals surface area contributed by atoms with Crippen molar-refractivity contribution in [2.24, 2.45) is 4.99 Å². The molecule has 0 unspecified atom stereocenters. The van der Waals surface area contributed by atoms with E-state index in [1.807, 2.05) is 31.2 Å². The van der Waals surface area contributed by atoms with Crippen LogP contribution in [0.4, 0.5) is 5.69 Å². The molecule has 2 N–H and O–H groups in total. The van der Waals surface area contributed by atoms with Crippen molar-refractivity contribution in [1.29, 1.82) is 0 Å². The van der Waals surface area contributed by atoms with Crippen LogP contribution in [0.2, 0.25) is 5.02 Å². The summed E-state index contributed by atoms with van der Waals surface area (Å²) in [6, 6.07) is 12.0. The average Bonchev–Trinajstić information content (AvgIpc) is 2.88. The van der Waals surface area contributed by atoms with Crippen LogP contribution in [0.1, 0.15) is 27.2 Å². The molecule has 3 aromatic rings. The van der Waals surface area contributed by atoms with E-state index in [4.69, 9.17) is 16.7 Å². The zero-order valence-electron chi connectivity index (χ0n) is 14.2. The lowest BCUT2D eigenvalue weighted by Crippen LogP contribution is -2.18. The quantitative estimate of drug-likeness (QED) is 0.684. The van der Waals surface area contributed by atoms with Gasteiger partial charge < -0.3 is 5.11 Å². The molecule has 0 spiro atoms. The summed E-state index contributed by atoms with van der Waals surface area (Å²) in [6.07, 6.45) is 1.43. The summed E-state index contributed by atoms with van der Waals surface area (Å²) >= 11 is 5.85. The highest BCUT2D eigenvalue weighted by Gasteiger charge is 2.13. The standard InChI is InChI=1S/C19H16ClN3O3/c1-11-5-3-4-6-17(11)23-18(24)15(12(2)22-23)10-21-13-7-8-16(20)14(9-13)19(25)26/h3-10,22H,1-2H3,(H,25,26). The molecule has 0 atom stereocenters. The Morgan fingerprint density at radius 3 is 2.65 bits per heavy atom. The zero-order chi connectivity index (χ0) is 18.8. The number of nitrogens with zero attached hydrogens (tertiary/aromatic N) is 2. The van der Waals surface area contributed by atoms with E-state index >= 15 is 0 Å². The first-order chi connectivity index (χ1) is 12.4. The van der Waals surface area contributed by atoms with Gasteiger partial charge in [0.2, 0.25) is 0 Å². The van der Waals surface area contributed by atoms with Crippen molar-refractivity contribution >= 4 is 29.5 Å². The predicted molar refractivity (Wildman–Crippen MR) is 102 cm³/mol. The Labute approximate surface area is 154 Å². The molecule has 0 saturated carbocycles. The molecule has 0 bridgehead atoms. The van der Waals surface area contributed by atoms with Crippen molar-refractivity contribution in [1.82, 2.24) is 9.78 Å². The number of nitrogens with one attached hydrogen (secondary N) is 1. The Balaban J connectivity index is 2.01. The number of aromatic amines is 1. The van der Waals surface area contributed by atoms with Gasteiger partial charge >= 0.3 is 5.97 Å². The third-order valence-corrected chi connectivity index (χ3v) is 4.33. The number of hydrogen-bond donors (Lipinski definition) is 2. The van der Waals surface area contributed by atoms with Crippen LogP contribution < -0.4 is 5.56 Å². The van der Waals surface area contributed by atoms with Crippen LogP contribution in [0.15, 0.2) is 52.3 Å². The molecule has 3 rings (SSSR count). The number of para-hydroxylation sites is 1. The Bertz CT molecular complexity index is 1080. The topological polar surface area (TPSA) is 87.4 Å². The molecule has 0 aliphatic carbocycles. The number of hydrogen-bond acceptors (Lipinski definition) is 3. The molecule has 0 aliphatic heterocycles. The highest BCUT2D eigenvalue weighted by atomic mass is 35.5. The van der Waals surface area contributed by atoms with Gasteiger partial charge in [0, 0.05) is 11.9 Å². The molecular formula is C19H16ClN3O3. The maximum absolute atomic E-state index is 12.7. The number of H-pyrrole nitrogens is 1. The molecule has 0 amide bonds. The van der Waals surface area contributed by atoms with Crippen LogP contribution in [-0.2, 0) is 0 Å². The van der Waals surface area contributed by atoms with Gasteiger partial charge in [-0.1, -0.05) is 29.8 Å². The predicted octanol–water partition coefficient (Wildman–Crippen LogP) is 3.88. The van der Waals surface area contributed by atoms with Gasteiger partial charge in [-0.2, -0.15) is 0 Å². The van der Waals surface area contributed by atoms with E-state index < -0.39 is 5.97 Å². The number of rotatable bonds is 4. The van der Waals surface area contributed by atoms with Crippen molar-refractivity contribution < 1.29 is 9.90 Å². The Hall–Kier alpha value is -3.12. The second-order valence-corrected chi connectivity index (χ2v) is 6.21. The molecule has 0 fully saturated rings. The lowest BCUT2D eigenvalue weighted by Gasteiger charge is -2.04. The van der Waals surface area contributed by atoms with Crippen LogP contribution in [0.25, 0.3) is 5.69 Å². The fourth-order valence-corrected chi connectivity index (χ4v) is 2.79. The minimum atomic E-state index is -1.13. The van der Waals surface area contributed by atoms with Crippen LogP contribution in [-0.4, -0.2) is 27.1 Å². The first-order valence-electron chi connectivity index (χ1n) is 7.83. The van der Waals surface area contributed by atoms with E-state index in [9.17, 15) is 9.59 Å².